The van der Waals surface area contributed by atoms with E-state index in [0.717, 1.165) is 12.8 Å². The predicted molar refractivity (Wildman–Crippen MR) is 69.1 cm³/mol. The number of hydrogen-bond acceptors (Lipinski definition) is 3. The first-order valence-electron chi connectivity index (χ1n) is 6.41. The van der Waals surface area contributed by atoms with E-state index in [9.17, 15) is 21.6 Å². The van der Waals surface area contributed by atoms with E-state index in [2.05, 4.69) is 4.72 Å². The van der Waals surface area contributed by atoms with Crippen molar-refractivity contribution in [2.45, 2.75) is 51.7 Å². The molecule has 3 N–H and O–H groups in total. The van der Waals surface area contributed by atoms with Gasteiger partial charge in [-0.1, -0.05) is 26.7 Å². The van der Waals surface area contributed by atoms with Gasteiger partial charge in [0.2, 0.25) is 10.0 Å². The monoisotopic (exact) mass is 304 g/mol. The normalized spacial score (nSPS) is 14.9. The van der Waals surface area contributed by atoms with Crippen molar-refractivity contribution in [1.82, 2.24) is 4.72 Å². The van der Waals surface area contributed by atoms with Crippen LogP contribution in [0.15, 0.2) is 0 Å². The van der Waals surface area contributed by atoms with Crippen LogP contribution >= 0.6 is 0 Å². The lowest BCUT2D eigenvalue weighted by atomic mass is 9.95. The summed E-state index contributed by atoms with van der Waals surface area (Å²) >= 11 is 0. The van der Waals surface area contributed by atoms with Gasteiger partial charge in [0.15, 0.2) is 0 Å². The highest BCUT2D eigenvalue weighted by Gasteiger charge is 2.27. The largest absolute Gasteiger partial charge is 0.389 e. The Kier molecular flexibility index (Phi) is 7.92. The summed E-state index contributed by atoms with van der Waals surface area (Å²) in [5.41, 5.74) is 5.84. The molecule has 0 radical (unpaired) electrons. The average Bonchev–Trinajstić information content (AvgIpc) is 2.26. The maximum Gasteiger partial charge on any atom is 0.389 e. The molecule has 116 valence electrons. The molecule has 0 fully saturated rings. The van der Waals surface area contributed by atoms with Gasteiger partial charge in [-0.3, -0.25) is 0 Å². The highest BCUT2D eigenvalue weighted by Crippen LogP contribution is 2.21. The average molecular weight is 304 g/mol. The summed E-state index contributed by atoms with van der Waals surface area (Å²) in [4.78, 5) is 0. The van der Waals surface area contributed by atoms with Crippen LogP contribution in [0.4, 0.5) is 13.2 Å². The van der Waals surface area contributed by atoms with Crippen molar-refractivity contribution in [3.05, 3.63) is 0 Å². The summed E-state index contributed by atoms with van der Waals surface area (Å²) in [6, 6.07) is -0.313. The van der Waals surface area contributed by atoms with Gasteiger partial charge >= 0.3 is 6.18 Å². The maximum absolute atomic E-state index is 11.9. The minimum absolute atomic E-state index is 0.0701. The first kappa shape index (κ1) is 18.7. The van der Waals surface area contributed by atoms with E-state index in [-0.39, 0.29) is 18.5 Å². The van der Waals surface area contributed by atoms with E-state index in [1.807, 2.05) is 13.8 Å². The molecule has 0 aromatic rings. The summed E-state index contributed by atoms with van der Waals surface area (Å²) in [7, 11) is -3.68. The minimum Gasteiger partial charge on any atom is -0.326 e. The molecule has 4 nitrogen and oxygen atoms in total. The van der Waals surface area contributed by atoms with Crippen molar-refractivity contribution >= 4 is 10.0 Å². The van der Waals surface area contributed by atoms with Gasteiger partial charge in [0.25, 0.3) is 0 Å². The van der Waals surface area contributed by atoms with Crippen molar-refractivity contribution in [1.29, 1.82) is 0 Å². The van der Waals surface area contributed by atoms with Crippen LogP contribution in [-0.4, -0.2) is 32.9 Å². The standard InChI is InChI=1S/C11H23F3N2O2S/c1-3-9(4-2)10(15)8-16-19(17,18)7-5-6-11(12,13)14/h9-10,16H,3-8,15H2,1-2H3. The van der Waals surface area contributed by atoms with E-state index in [1.54, 1.807) is 0 Å². The molecule has 0 aromatic carbocycles. The van der Waals surface area contributed by atoms with Crippen molar-refractivity contribution in [3.8, 4) is 0 Å². The van der Waals surface area contributed by atoms with Crippen LogP contribution in [-0.2, 0) is 10.0 Å². The second-order valence-corrected chi connectivity index (χ2v) is 6.55. The fourth-order valence-electron chi connectivity index (χ4n) is 1.82. The number of hydrogen-bond donors (Lipinski definition) is 2. The third-order valence-corrected chi connectivity index (χ3v) is 4.50. The second-order valence-electron chi connectivity index (χ2n) is 4.63. The molecule has 8 heteroatoms. The lowest BCUT2D eigenvalue weighted by molar-refractivity contribution is -0.134. The number of alkyl halides is 3. The highest BCUT2D eigenvalue weighted by atomic mass is 32.2. The molecule has 1 atom stereocenters. The summed E-state index contributed by atoms with van der Waals surface area (Å²) < 4.78 is 61.0. The summed E-state index contributed by atoms with van der Waals surface area (Å²) in [6.45, 7) is 4.00. The Balaban J connectivity index is 4.10. The quantitative estimate of drug-likeness (QED) is 0.684. The fourth-order valence-corrected chi connectivity index (χ4v) is 2.93. The van der Waals surface area contributed by atoms with Gasteiger partial charge in [-0.05, 0) is 12.3 Å². The maximum atomic E-state index is 11.9. The Morgan fingerprint density at radius 2 is 1.74 bits per heavy atom. The molecule has 0 rings (SSSR count). The molecule has 0 saturated heterocycles. The zero-order valence-electron chi connectivity index (χ0n) is 11.3. The van der Waals surface area contributed by atoms with Gasteiger partial charge in [-0.25, -0.2) is 13.1 Å². The number of nitrogens with two attached hydrogens (primary N) is 1. The number of rotatable bonds is 9. The molecule has 0 aliphatic rings. The Hall–Kier alpha value is -0.340. The number of nitrogens with one attached hydrogen (secondary N) is 1. The smallest absolute Gasteiger partial charge is 0.326 e. The van der Waals surface area contributed by atoms with Gasteiger partial charge < -0.3 is 5.73 Å². The Labute approximate surface area is 113 Å². The molecule has 0 bridgehead atoms. The second kappa shape index (κ2) is 8.06. The lowest BCUT2D eigenvalue weighted by Crippen LogP contribution is -2.42. The summed E-state index contributed by atoms with van der Waals surface area (Å²) in [5, 5.41) is 0. The van der Waals surface area contributed by atoms with Crippen molar-refractivity contribution in [2.24, 2.45) is 11.7 Å². The molecule has 0 aromatic heterocycles. The molecular formula is C11H23F3N2O2S. The van der Waals surface area contributed by atoms with E-state index < -0.39 is 34.8 Å². The van der Waals surface area contributed by atoms with Crippen LogP contribution in [0, 0.1) is 5.92 Å². The van der Waals surface area contributed by atoms with Gasteiger partial charge in [-0.15, -0.1) is 0 Å². The molecule has 0 aliphatic carbocycles. The van der Waals surface area contributed by atoms with Crippen LogP contribution in [0.3, 0.4) is 0 Å². The predicted octanol–water partition coefficient (Wildman–Crippen LogP) is 2.01. The van der Waals surface area contributed by atoms with Crippen molar-refractivity contribution in [3.63, 3.8) is 0 Å². The van der Waals surface area contributed by atoms with Crippen LogP contribution in [0.2, 0.25) is 0 Å². The highest BCUT2D eigenvalue weighted by molar-refractivity contribution is 7.89. The van der Waals surface area contributed by atoms with Crippen molar-refractivity contribution in [2.75, 3.05) is 12.3 Å². The van der Waals surface area contributed by atoms with Crippen molar-refractivity contribution < 1.29 is 21.6 Å². The zero-order valence-corrected chi connectivity index (χ0v) is 12.1. The van der Waals surface area contributed by atoms with Crippen LogP contribution in [0.1, 0.15) is 39.5 Å². The van der Waals surface area contributed by atoms with E-state index in [1.165, 1.54) is 0 Å². The first-order chi connectivity index (χ1) is 8.61. The van der Waals surface area contributed by atoms with E-state index >= 15 is 0 Å². The molecule has 0 amide bonds. The summed E-state index contributed by atoms with van der Waals surface area (Å²) in [6.07, 6.45) is -4.16. The first-order valence-corrected chi connectivity index (χ1v) is 8.06. The number of sulfonamides is 1. The van der Waals surface area contributed by atoms with Crippen LogP contribution in [0.5, 0.6) is 0 Å². The van der Waals surface area contributed by atoms with Gasteiger partial charge in [0.05, 0.1) is 5.75 Å². The molecular weight excluding hydrogens is 281 g/mol. The SMILES string of the molecule is CCC(CC)C(N)CNS(=O)(=O)CCCC(F)(F)F. The zero-order chi connectivity index (χ0) is 15.1. The van der Waals surface area contributed by atoms with Crippen LogP contribution in [0.25, 0.3) is 0 Å². The van der Waals surface area contributed by atoms with Gasteiger partial charge in [-0.2, -0.15) is 13.2 Å². The topological polar surface area (TPSA) is 72.2 Å². The minimum atomic E-state index is -4.32. The molecule has 0 spiro atoms. The fraction of sp³-hybridized carbons (Fsp3) is 1.00. The molecule has 1 unspecified atom stereocenters. The molecule has 0 saturated carbocycles. The van der Waals surface area contributed by atoms with Gasteiger partial charge in [0, 0.05) is 19.0 Å². The molecule has 0 heterocycles. The Bertz CT molecular complexity index is 340. The van der Waals surface area contributed by atoms with E-state index in [0.29, 0.717) is 0 Å². The molecule has 0 aliphatic heterocycles. The van der Waals surface area contributed by atoms with E-state index in [4.69, 9.17) is 5.73 Å². The molecule has 19 heavy (non-hydrogen) atoms. The Morgan fingerprint density at radius 3 is 2.16 bits per heavy atom. The summed E-state index contributed by atoms with van der Waals surface area (Å²) in [5.74, 6) is -0.319. The number of halogens is 3. The third kappa shape index (κ3) is 9.23. The third-order valence-electron chi connectivity index (χ3n) is 3.07. The Morgan fingerprint density at radius 1 is 1.21 bits per heavy atom. The van der Waals surface area contributed by atoms with Gasteiger partial charge in [0.1, 0.15) is 0 Å². The lowest BCUT2D eigenvalue weighted by Gasteiger charge is -2.21. The van der Waals surface area contributed by atoms with Crippen LogP contribution < -0.4 is 10.5 Å².